The first-order valence-electron chi connectivity index (χ1n) is 8.02. The van der Waals surface area contributed by atoms with Crippen molar-refractivity contribution in [3.63, 3.8) is 0 Å². The number of carbonyl (C=O) groups is 2. The van der Waals surface area contributed by atoms with Crippen LogP contribution in [0.5, 0.6) is 0 Å². The monoisotopic (exact) mass is 344 g/mol. The molecule has 0 aliphatic heterocycles. The number of esters is 1. The fourth-order valence-corrected chi connectivity index (χ4v) is 2.28. The number of amides is 1. The second-order valence-corrected chi connectivity index (χ2v) is 5.50. The lowest BCUT2D eigenvalue weighted by molar-refractivity contribution is -0.116. The van der Waals surface area contributed by atoms with Gasteiger partial charge in [0.1, 0.15) is 5.82 Å². The molecule has 0 unspecified atom stereocenters. The Morgan fingerprint density at radius 3 is 2.56 bits per heavy atom. The van der Waals surface area contributed by atoms with Gasteiger partial charge in [0, 0.05) is 18.7 Å². The summed E-state index contributed by atoms with van der Waals surface area (Å²) in [6, 6.07) is 13.0. The summed E-state index contributed by atoms with van der Waals surface area (Å²) in [4.78, 5) is 23.4. The predicted octanol–water partition coefficient (Wildman–Crippen LogP) is 2.77. The highest BCUT2D eigenvalue weighted by molar-refractivity contribution is 5.94. The minimum atomic E-state index is -0.446. The van der Waals surface area contributed by atoms with Crippen molar-refractivity contribution < 1.29 is 18.7 Å². The van der Waals surface area contributed by atoms with E-state index in [1.165, 1.54) is 19.2 Å². The van der Waals surface area contributed by atoms with E-state index in [0.717, 1.165) is 12.0 Å². The standard InChI is InChI=1S/C19H21FN2O3/c1-25-19(24)15-3-2-4-17(13-15)22-18(23)10-12-21-11-9-14-5-7-16(20)8-6-14/h2-8,13,21H,9-12H2,1H3,(H,22,23). The van der Waals surface area contributed by atoms with Gasteiger partial charge in [-0.3, -0.25) is 4.79 Å². The van der Waals surface area contributed by atoms with Gasteiger partial charge in [-0.1, -0.05) is 18.2 Å². The molecule has 0 aliphatic carbocycles. The molecular weight excluding hydrogens is 323 g/mol. The summed E-state index contributed by atoms with van der Waals surface area (Å²) in [5.41, 5.74) is 1.98. The molecule has 25 heavy (non-hydrogen) atoms. The fourth-order valence-electron chi connectivity index (χ4n) is 2.28. The molecule has 0 aliphatic rings. The first kappa shape index (κ1) is 18.6. The van der Waals surface area contributed by atoms with Crippen LogP contribution in [0.3, 0.4) is 0 Å². The molecule has 2 rings (SSSR count). The van der Waals surface area contributed by atoms with E-state index in [4.69, 9.17) is 0 Å². The van der Waals surface area contributed by atoms with Crippen LogP contribution in [0.2, 0.25) is 0 Å². The molecule has 0 radical (unpaired) electrons. The van der Waals surface area contributed by atoms with Crippen LogP contribution in [0.4, 0.5) is 10.1 Å². The molecule has 0 fully saturated rings. The van der Waals surface area contributed by atoms with Gasteiger partial charge in [-0.2, -0.15) is 0 Å². The minimum Gasteiger partial charge on any atom is -0.465 e. The molecule has 2 aromatic carbocycles. The van der Waals surface area contributed by atoms with Crippen LogP contribution >= 0.6 is 0 Å². The van der Waals surface area contributed by atoms with Gasteiger partial charge >= 0.3 is 5.97 Å². The molecular formula is C19H21FN2O3. The smallest absolute Gasteiger partial charge is 0.337 e. The lowest BCUT2D eigenvalue weighted by atomic mass is 10.1. The Balaban J connectivity index is 1.68. The molecule has 1 amide bonds. The van der Waals surface area contributed by atoms with Crippen LogP contribution in [0.1, 0.15) is 22.3 Å². The molecule has 6 heteroatoms. The van der Waals surface area contributed by atoms with Crippen LogP contribution in [0.15, 0.2) is 48.5 Å². The number of ether oxygens (including phenoxy) is 1. The van der Waals surface area contributed by atoms with Gasteiger partial charge in [-0.05, 0) is 48.9 Å². The molecule has 0 atom stereocenters. The highest BCUT2D eigenvalue weighted by Gasteiger charge is 2.07. The highest BCUT2D eigenvalue weighted by Crippen LogP contribution is 2.11. The van der Waals surface area contributed by atoms with Crippen molar-refractivity contribution in [2.75, 3.05) is 25.5 Å². The molecule has 2 aromatic rings. The number of hydrogen-bond donors (Lipinski definition) is 2. The van der Waals surface area contributed by atoms with Gasteiger partial charge in [0.05, 0.1) is 12.7 Å². The van der Waals surface area contributed by atoms with Crippen LogP contribution < -0.4 is 10.6 Å². The van der Waals surface area contributed by atoms with Crippen molar-refractivity contribution in [2.24, 2.45) is 0 Å². The number of benzene rings is 2. The van der Waals surface area contributed by atoms with E-state index < -0.39 is 5.97 Å². The quantitative estimate of drug-likeness (QED) is 0.571. The Kier molecular flexibility index (Phi) is 7.10. The third-order valence-corrected chi connectivity index (χ3v) is 3.60. The SMILES string of the molecule is COC(=O)c1cccc(NC(=O)CCNCCc2ccc(F)cc2)c1. The normalized spacial score (nSPS) is 10.3. The van der Waals surface area contributed by atoms with Gasteiger partial charge < -0.3 is 15.4 Å². The van der Waals surface area contributed by atoms with E-state index in [9.17, 15) is 14.0 Å². The summed E-state index contributed by atoms with van der Waals surface area (Å²) < 4.78 is 17.4. The maximum absolute atomic E-state index is 12.8. The van der Waals surface area contributed by atoms with Crippen molar-refractivity contribution >= 4 is 17.6 Å². The van der Waals surface area contributed by atoms with E-state index in [0.29, 0.717) is 30.8 Å². The third-order valence-electron chi connectivity index (χ3n) is 3.60. The van der Waals surface area contributed by atoms with Crippen LogP contribution in [-0.2, 0) is 16.0 Å². The first-order valence-corrected chi connectivity index (χ1v) is 8.02. The fraction of sp³-hybridized carbons (Fsp3) is 0.263. The number of hydrogen-bond acceptors (Lipinski definition) is 4. The summed E-state index contributed by atoms with van der Waals surface area (Å²) in [6.07, 6.45) is 1.08. The van der Waals surface area contributed by atoms with E-state index in [1.54, 1.807) is 36.4 Å². The number of nitrogens with one attached hydrogen (secondary N) is 2. The van der Waals surface area contributed by atoms with Crippen molar-refractivity contribution in [3.05, 3.63) is 65.5 Å². The average molecular weight is 344 g/mol. The molecule has 0 heterocycles. The maximum atomic E-state index is 12.8. The van der Waals surface area contributed by atoms with Gasteiger partial charge in [-0.25, -0.2) is 9.18 Å². The lowest BCUT2D eigenvalue weighted by Gasteiger charge is -2.08. The average Bonchev–Trinajstić information content (AvgIpc) is 2.62. The Morgan fingerprint density at radius 2 is 1.84 bits per heavy atom. The molecule has 2 N–H and O–H groups in total. The van der Waals surface area contributed by atoms with Gasteiger partial charge in [0.2, 0.25) is 5.91 Å². The summed E-state index contributed by atoms with van der Waals surface area (Å²) in [7, 11) is 1.31. The van der Waals surface area contributed by atoms with Crippen molar-refractivity contribution in [1.29, 1.82) is 0 Å². The molecule has 0 bridgehead atoms. The molecule has 5 nitrogen and oxygen atoms in total. The summed E-state index contributed by atoms with van der Waals surface area (Å²) in [5, 5.41) is 5.92. The number of anilines is 1. The Morgan fingerprint density at radius 1 is 1.08 bits per heavy atom. The van der Waals surface area contributed by atoms with Gasteiger partial charge in [0.15, 0.2) is 0 Å². The minimum absolute atomic E-state index is 0.142. The third kappa shape index (κ3) is 6.35. The Labute approximate surface area is 146 Å². The Bertz CT molecular complexity index is 717. The number of carbonyl (C=O) groups excluding carboxylic acids is 2. The summed E-state index contributed by atoms with van der Waals surface area (Å²) in [5.74, 6) is -0.834. The second kappa shape index (κ2) is 9.54. The lowest BCUT2D eigenvalue weighted by Crippen LogP contribution is -2.23. The second-order valence-electron chi connectivity index (χ2n) is 5.50. The number of rotatable bonds is 8. The summed E-state index contributed by atoms with van der Waals surface area (Å²) >= 11 is 0. The molecule has 0 aromatic heterocycles. The zero-order chi connectivity index (χ0) is 18.1. The topological polar surface area (TPSA) is 67.4 Å². The van der Waals surface area contributed by atoms with E-state index >= 15 is 0 Å². The highest BCUT2D eigenvalue weighted by atomic mass is 19.1. The van der Waals surface area contributed by atoms with Crippen molar-refractivity contribution in [2.45, 2.75) is 12.8 Å². The molecule has 0 saturated carbocycles. The van der Waals surface area contributed by atoms with Gasteiger partial charge in [-0.15, -0.1) is 0 Å². The molecule has 0 saturated heterocycles. The first-order chi connectivity index (χ1) is 12.1. The van der Waals surface area contributed by atoms with Crippen LogP contribution in [0, 0.1) is 5.82 Å². The van der Waals surface area contributed by atoms with E-state index in [-0.39, 0.29) is 11.7 Å². The van der Waals surface area contributed by atoms with E-state index in [1.807, 2.05) is 0 Å². The van der Waals surface area contributed by atoms with Crippen LogP contribution in [-0.4, -0.2) is 32.1 Å². The molecule has 132 valence electrons. The number of halogens is 1. The maximum Gasteiger partial charge on any atom is 0.337 e. The van der Waals surface area contributed by atoms with E-state index in [2.05, 4.69) is 15.4 Å². The zero-order valence-electron chi connectivity index (χ0n) is 14.0. The van der Waals surface area contributed by atoms with Gasteiger partial charge in [0.25, 0.3) is 0 Å². The zero-order valence-corrected chi connectivity index (χ0v) is 14.0. The number of methoxy groups -OCH3 is 1. The largest absolute Gasteiger partial charge is 0.465 e. The Hall–Kier alpha value is -2.73. The van der Waals surface area contributed by atoms with Crippen molar-refractivity contribution in [3.8, 4) is 0 Å². The summed E-state index contributed by atoms with van der Waals surface area (Å²) in [6.45, 7) is 1.24. The van der Waals surface area contributed by atoms with Crippen molar-refractivity contribution in [1.82, 2.24) is 5.32 Å². The molecule has 0 spiro atoms. The van der Waals surface area contributed by atoms with Crippen LogP contribution in [0.25, 0.3) is 0 Å². The predicted molar refractivity (Wildman–Crippen MR) is 94.0 cm³/mol.